The SMILES string of the molecule is COCc1ccccc1CCNc1ncnc2ccsc12. The van der Waals surface area contributed by atoms with E-state index in [1.165, 1.54) is 11.1 Å². The van der Waals surface area contributed by atoms with Crippen molar-refractivity contribution in [3.63, 3.8) is 0 Å². The minimum atomic E-state index is 0.652. The van der Waals surface area contributed by atoms with Crippen LogP contribution in [0.2, 0.25) is 0 Å². The van der Waals surface area contributed by atoms with Gasteiger partial charge in [-0.15, -0.1) is 11.3 Å². The van der Waals surface area contributed by atoms with Crippen LogP contribution in [-0.2, 0) is 17.8 Å². The van der Waals surface area contributed by atoms with E-state index in [0.717, 1.165) is 29.0 Å². The third-order valence-electron chi connectivity index (χ3n) is 3.35. The molecule has 0 aliphatic carbocycles. The fraction of sp³-hybridized carbons (Fsp3) is 0.250. The monoisotopic (exact) mass is 299 g/mol. The van der Waals surface area contributed by atoms with Crippen molar-refractivity contribution in [2.24, 2.45) is 0 Å². The summed E-state index contributed by atoms with van der Waals surface area (Å²) in [6.07, 6.45) is 2.55. The summed E-state index contributed by atoms with van der Waals surface area (Å²) >= 11 is 1.66. The predicted octanol–water partition coefficient (Wildman–Crippen LogP) is 3.49. The van der Waals surface area contributed by atoms with Crippen LogP contribution in [-0.4, -0.2) is 23.6 Å². The van der Waals surface area contributed by atoms with Crippen LogP contribution in [0.4, 0.5) is 5.82 Å². The van der Waals surface area contributed by atoms with Crippen molar-refractivity contribution in [3.05, 3.63) is 53.2 Å². The zero-order valence-electron chi connectivity index (χ0n) is 11.9. The maximum absolute atomic E-state index is 5.24. The second-order valence-electron chi connectivity index (χ2n) is 4.74. The molecule has 2 aromatic heterocycles. The van der Waals surface area contributed by atoms with Crippen LogP contribution < -0.4 is 5.32 Å². The lowest BCUT2D eigenvalue weighted by atomic mass is 10.1. The second kappa shape index (κ2) is 6.65. The number of thiophene rings is 1. The van der Waals surface area contributed by atoms with E-state index in [9.17, 15) is 0 Å². The molecule has 2 heterocycles. The van der Waals surface area contributed by atoms with E-state index in [-0.39, 0.29) is 0 Å². The summed E-state index contributed by atoms with van der Waals surface area (Å²) < 4.78 is 6.35. The van der Waals surface area contributed by atoms with E-state index in [4.69, 9.17) is 4.74 Å². The summed E-state index contributed by atoms with van der Waals surface area (Å²) in [4.78, 5) is 8.58. The molecule has 0 saturated heterocycles. The Kier molecular flexibility index (Phi) is 4.43. The van der Waals surface area contributed by atoms with Crippen LogP contribution in [0.15, 0.2) is 42.0 Å². The van der Waals surface area contributed by atoms with Gasteiger partial charge < -0.3 is 10.1 Å². The Morgan fingerprint density at radius 2 is 2.00 bits per heavy atom. The Hall–Kier alpha value is -1.98. The first-order chi connectivity index (χ1) is 10.4. The number of rotatable bonds is 6. The van der Waals surface area contributed by atoms with Crippen molar-refractivity contribution in [1.82, 2.24) is 9.97 Å². The first-order valence-electron chi connectivity index (χ1n) is 6.86. The van der Waals surface area contributed by atoms with Crippen molar-refractivity contribution in [2.75, 3.05) is 19.0 Å². The fourth-order valence-electron chi connectivity index (χ4n) is 2.33. The highest BCUT2D eigenvalue weighted by Gasteiger charge is 2.05. The number of nitrogens with zero attached hydrogens (tertiary/aromatic N) is 2. The molecule has 4 nitrogen and oxygen atoms in total. The van der Waals surface area contributed by atoms with Gasteiger partial charge in [-0.1, -0.05) is 24.3 Å². The van der Waals surface area contributed by atoms with Crippen molar-refractivity contribution in [2.45, 2.75) is 13.0 Å². The van der Waals surface area contributed by atoms with Crippen LogP contribution in [0.5, 0.6) is 0 Å². The van der Waals surface area contributed by atoms with Gasteiger partial charge in [0.2, 0.25) is 0 Å². The Labute approximate surface area is 127 Å². The average Bonchev–Trinajstić information content (AvgIpc) is 2.99. The summed E-state index contributed by atoms with van der Waals surface area (Å²) in [5, 5.41) is 5.45. The number of hydrogen-bond donors (Lipinski definition) is 1. The van der Waals surface area contributed by atoms with Crippen molar-refractivity contribution in [3.8, 4) is 0 Å². The molecule has 0 amide bonds. The number of nitrogens with one attached hydrogen (secondary N) is 1. The third-order valence-corrected chi connectivity index (χ3v) is 4.26. The molecule has 5 heteroatoms. The van der Waals surface area contributed by atoms with Crippen molar-refractivity contribution in [1.29, 1.82) is 0 Å². The molecular weight excluding hydrogens is 282 g/mol. The smallest absolute Gasteiger partial charge is 0.147 e. The molecule has 108 valence electrons. The lowest BCUT2D eigenvalue weighted by molar-refractivity contribution is 0.184. The van der Waals surface area contributed by atoms with Gasteiger partial charge in [-0.3, -0.25) is 0 Å². The molecule has 1 aromatic carbocycles. The molecule has 1 N–H and O–H groups in total. The van der Waals surface area contributed by atoms with E-state index < -0.39 is 0 Å². The van der Waals surface area contributed by atoms with Gasteiger partial charge >= 0.3 is 0 Å². The molecule has 3 aromatic rings. The largest absolute Gasteiger partial charge is 0.380 e. The van der Waals surface area contributed by atoms with E-state index in [1.54, 1.807) is 24.8 Å². The highest BCUT2D eigenvalue weighted by atomic mass is 32.1. The molecule has 0 radical (unpaired) electrons. The minimum absolute atomic E-state index is 0.652. The molecule has 0 aliphatic rings. The van der Waals surface area contributed by atoms with Gasteiger partial charge in [-0.2, -0.15) is 0 Å². The first kappa shape index (κ1) is 14.0. The zero-order chi connectivity index (χ0) is 14.5. The van der Waals surface area contributed by atoms with E-state index in [2.05, 4.69) is 33.5 Å². The molecule has 0 spiro atoms. The Balaban J connectivity index is 1.68. The summed E-state index contributed by atoms with van der Waals surface area (Å²) in [5.74, 6) is 0.916. The molecule has 0 unspecified atom stereocenters. The van der Waals surface area contributed by atoms with Gasteiger partial charge in [0.15, 0.2) is 0 Å². The summed E-state index contributed by atoms with van der Waals surface area (Å²) in [6, 6.07) is 10.4. The number of hydrogen-bond acceptors (Lipinski definition) is 5. The van der Waals surface area contributed by atoms with E-state index in [0.29, 0.717) is 6.61 Å². The maximum Gasteiger partial charge on any atom is 0.147 e. The van der Waals surface area contributed by atoms with Crippen LogP contribution in [0.1, 0.15) is 11.1 Å². The fourth-order valence-corrected chi connectivity index (χ4v) is 3.14. The van der Waals surface area contributed by atoms with Gasteiger partial charge in [0.05, 0.1) is 16.8 Å². The standard InChI is InChI=1S/C16H17N3OS/c1-20-10-13-5-3-2-4-12(13)6-8-17-16-15-14(7-9-21-15)18-11-19-16/h2-5,7,9,11H,6,8,10H2,1H3,(H,17,18,19). The molecule has 0 fully saturated rings. The summed E-state index contributed by atoms with van der Waals surface area (Å²) in [6.45, 7) is 1.49. The predicted molar refractivity (Wildman–Crippen MR) is 86.8 cm³/mol. The van der Waals surface area contributed by atoms with Crippen LogP contribution in [0.3, 0.4) is 0 Å². The maximum atomic E-state index is 5.24. The average molecular weight is 299 g/mol. The number of benzene rings is 1. The number of fused-ring (bicyclic) bond motifs is 1. The molecule has 0 bridgehead atoms. The second-order valence-corrected chi connectivity index (χ2v) is 5.65. The molecule has 3 rings (SSSR count). The lowest BCUT2D eigenvalue weighted by Crippen LogP contribution is -2.08. The number of aromatic nitrogens is 2. The Morgan fingerprint density at radius 3 is 2.86 bits per heavy atom. The molecular formula is C16H17N3OS. The Bertz CT molecular complexity index is 726. The third kappa shape index (κ3) is 3.20. The van der Waals surface area contributed by atoms with Crippen LogP contribution in [0.25, 0.3) is 10.2 Å². The highest BCUT2D eigenvalue weighted by molar-refractivity contribution is 7.17. The van der Waals surface area contributed by atoms with E-state index >= 15 is 0 Å². The first-order valence-corrected chi connectivity index (χ1v) is 7.74. The van der Waals surface area contributed by atoms with E-state index in [1.807, 2.05) is 17.5 Å². The molecule has 0 saturated carbocycles. The summed E-state index contributed by atoms with van der Waals surface area (Å²) in [5.41, 5.74) is 3.55. The van der Waals surface area contributed by atoms with Crippen LogP contribution in [0, 0.1) is 0 Å². The topological polar surface area (TPSA) is 47.0 Å². The number of ether oxygens (including phenoxy) is 1. The quantitative estimate of drug-likeness (QED) is 0.757. The molecule has 21 heavy (non-hydrogen) atoms. The number of anilines is 1. The van der Waals surface area contributed by atoms with Crippen LogP contribution >= 0.6 is 11.3 Å². The number of methoxy groups -OCH3 is 1. The van der Waals surface area contributed by atoms with Crippen molar-refractivity contribution >= 4 is 27.4 Å². The molecule has 0 atom stereocenters. The minimum Gasteiger partial charge on any atom is -0.380 e. The van der Waals surface area contributed by atoms with Gasteiger partial charge in [0.1, 0.15) is 12.1 Å². The van der Waals surface area contributed by atoms with Gasteiger partial charge in [-0.25, -0.2) is 9.97 Å². The van der Waals surface area contributed by atoms with Gasteiger partial charge in [0.25, 0.3) is 0 Å². The lowest BCUT2D eigenvalue weighted by Gasteiger charge is -2.10. The Morgan fingerprint density at radius 1 is 1.14 bits per heavy atom. The normalized spacial score (nSPS) is 10.9. The van der Waals surface area contributed by atoms with Crippen molar-refractivity contribution < 1.29 is 4.74 Å². The van der Waals surface area contributed by atoms with Gasteiger partial charge in [-0.05, 0) is 29.0 Å². The molecule has 0 aliphatic heterocycles. The summed E-state index contributed by atoms with van der Waals surface area (Å²) in [7, 11) is 1.73. The highest BCUT2D eigenvalue weighted by Crippen LogP contribution is 2.24. The van der Waals surface area contributed by atoms with Gasteiger partial charge in [0, 0.05) is 13.7 Å². The zero-order valence-corrected chi connectivity index (χ0v) is 12.7.